The first-order valence-electron chi connectivity index (χ1n) is 5.85. The third-order valence-electron chi connectivity index (χ3n) is 2.96. The Bertz CT molecular complexity index is 397. The van der Waals surface area contributed by atoms with Crippen LogP contribution in [-0.2, 0) is 9.53 Å². The highest BCUT2D eigenvalue weighted by molar-refractivity contribution is 5.71. The van der Waals surface area contributed by atoms with E-state index < -0.39 is 11.9 Å². The van der Waals surface area contributed by atoms with Crippen molar-refractivity contribution in [2.75, 3.05) is 6.61 Å². The van der Waals surface area contributed by atoms with Gasteiger partial charge in [0.25, 0.3) is 0 Å². The summed E-state index contributed by atoms with van der Waals surface area (Å²) < 4.78 is 5.51. The maximum absolute atomic E-state index is 11.1. The number of carboxylic acid groups (broad SMARTS) is 1. The maximum atomic E-state index is 11.1. The summed E-state index contributed by atoms with van der Waals surface area (Å²) in [5, 5.41) is 9.09. The Hall–Kier alpha value is -1.61. The van der Waals surface area contributed by atoms with E-state index in [1.165, 1.54) is 0 Å². The molecule has 3 heteroatoms. The van der Waals surface area contributed by atoms with E-state index in [9.17, 15) is 4.79 Å². The number of hydrogen-bond acceptors (Lipinski definition) is 2. The van der Waals surface area contributed by atoms with Crippen molar-refractivity contribution in [3.63, 3.8) is 0 Å². The van der Waals surface area contributed by atoms with Crippen molar-refractivity contribution in [1.82, 2.24) is 0 Å². The van der Waals surface area contributed by atoms with Gasteiger partial charge in [-0.25, -0.2) is 0 Å². The summed E-state index contributed by atoms with van der Waals surface area (Å²) in [6.07, 6.45) is 4.99. The number of hydrogen-bond donors (Lipinski definition) is 1. The van der Waals surface area contributed by atoms with Crippen molar-refractivity contribution < 1.29 is 14.6 Å². The van der Waals surface area contributed by atoms with Crippen molar-refractivity contribution >= 4 is 12.0 Å². The van der Waals surface area contributed by atoms with Gasteiger partial charge in [0.05, 0.1) is 12.0 Å². The predicted octanol–water partition coefficient (Wildman–Crippen LogP) is 2.58. The van der Waals surface area contributed by atoms with Crippen LogP contribution >= 0.6 is 0 Å². The molecule has 2 atom stereocenters. The molecule has 0 saturated carbocycles. The van der Waals surface area contributed by atoms with Gasteiger partial charge in [-0.2, -0.15) is 0 Å². The fourth-order valence-electron chi connectivity index (χ4n) is 2.03. The van der Waals surface area contributed by atoms with Crippen LogP contribution in [0.1, 0.15) is 18.4 Å². The van der Waals surface area contributed by atoms with Gasteiger partial charge in [0.15, 0.2) is 0 Å². The molecular weight excluding hydrogens is 216 g/mol. The van der Waals surface area contributed by atoms with Crippen LogP contribution in [0.2, 0.25) is 0 Å². The molecule has 90 valence electrons. The molecule has 3 nitrogen and oxygen atoms in total. The molecule has 1 aromatic carbocycles. The first-order valence-corrected chi connectivity index (χ1v) is 5.85. The molecule has 0 bridgehead atoms. The van der Waals surface area contributed by atoms with E-state index >= 15 is 0 Å². The van der Waals surface area contributed by atoms with E-state index in [2.05, 4.69) is 0 Å². The molecule has 2 rings (SSSR count). The Labute approximate surface area is 101 Å². The van der Waals surface area contributed by atoms with E-state index in [1.54, 1.807) is 0 Å². The third kappa shape index (κ3) is 3.17. The van der Waals surface area contributed by atoms with Gasteiger partial charge in [0.2, 0.25) is 0 Å². The lowest BCUT2D eigenvalue weighted by molar-refractivity contribution is -0.149. The predicted molar refractivity (Wildman–Crippen MR) is 65.6 cm³/mol. The zero-order valence-corrected chi connectivity index (χ0v) is 9.58. The second-order valence-corrected chi connectivity index (χ2v) is 4.19. The third-order valence-corrected chi connectivity index (χ3v) is 2.96. The Kier molecular flexibility index (Phi) is 3.94. The standard InChI is InChI=1S/C14H16O3/c15-14(16)12-7-4-10-17-13(12)9-8-11-5-2-1-3-6-11/h1-3,5-6,8-9,12-13H,4,7,10H2,(H,15,16)/b9-8-/t12-,13+/m1/s1. The van der Waals surface area contributed by atoms with Gasteiger partial charge < -0.3 is 9.84 Å². The number of benzene rings is 1. The van der Waals surface area contributed by atoms with Gasteiger partial charge >= 0.3 is 5.97 Å². The van der Waals surface area contributed by atoms with Gasteiger partial charge in [-0.15, -0.1) is 0 Å². The number of carbonyl (C=O) groups is 1. The molecule has 1 fully saturated rings. The van der Waals surface area contributed by atoms with Crippen molar-refractivity contribution in [3.05, 3.63) is 42.0 Å². The minimum Gasteiger partial charge on any atom is -0.481 e. The zero-order chi connectivity index (χ0) is 12.1. The molecule has 1 aliphatic heterocycles. The Morgan fingerprint density at radius 2 is 2.12 bits per heavy atom. The number of aliphatic carboxylic acids is 1. The fourth-order valence-corrected chi connectivity index (χ4v) is 2.03. The summed E-state index contributed by atoms with van der Waals surface area (Å²) in [5.41, 5.74) is 1.06. The average Bonchev–Trinajstić information content (AvgIpc) is 2.38. The van der Waals surface area contributed by atoms with Crippen LogP contribution < -0.4 is 0 Å². The topological polar surface area (TPSA) is 46.5 Å². The van der Waals surface area contributed by atoms with Gasteiger partial charge in [-0.3, -0.25) is 4.79 Å². The molecule has 0 amide bonds. The zero-order valence-electron chi connectivity index (χ0n) is 9.58. The molecule has 1 aromatic rings. The monoisotopic (exact) mass is 232 g/mol. The first-order chi connectivity index (χ1) is 8.27. The van der Waals surface area contributed by atoms with E-state index in [0.29, 0.717) is 13.0 Å². The van der Waals surface area contributed by atoms with Crippen LogP contribution in [0.3, 0.4) is 0 Å². The molecule has 0 aromatic heterocycles. The molecule has 0 aliphatic carbocycles. The minimum atomic E-state index is -0.771. The van der Waals surface area contributed by atoms with Crippen LogP contribution in [0.4, 0.5) is 0 Å². The highest BCUT2D eigenvalue weighted by atomic mass is 16.5. The van der Waals surface area contributed by atoms with Gasteiger partial charge in [-0.05, 0) is 18.4 Å². The van der Waals surface area contributed by atoms with Crippen molar-refractivity contribution in [1.29, 1.82) is 0 Å². The number of carboxylic acids is 1. The highest BCUT2D eigenvalue weighted by Crippen LogP contribution is 2.22. The van der Waals surface area contributed by atoms with E-state index in [1.807, 2.05) is 42.5 Å². The van der Waals surface area contributed by atoms with Crippen LogP contribution in [-0.4, -0.2) is 23.8 Å². The van der Waals surface area contributed by atoms with E-state index in [0.717, 1.165) is 12.0 Å². The van der Waals surface area contributed by atoms with E-state index in [4.69, 9.17) is 9.84 Å². The molecular formula is C14H16O3. The van der Waals surface area contributed by atoms with Crippen LogP contribution in [0, 0.1) is 5.92 Å². The molecule has 1 saturated heterocycles. The molecule has 17 heavy (non-hydrogen) atoms. The second kappa shape index (κ2) is 5.64. The number of ether oxygens (including phenoxy) is 1. The summed E-state index contributed by atoms with van der Waals surface area (Å²) >= 11 is 0. The first kappa shape index (κ1) is 11.9. The largest absolute Gasteiger partial charge is 0.481 e. The average molecular weight is 232 g/mol. The molecule has 0 spiro atoms. The van der Waals surface area contributed by atoms with Crippen LogP contribution in [0.5, 0.6) is 0 Å². The lowest BCUT2D eigenvalue weighted by Gasteiger charge is -2.26. The lowest BCUT2D eigenvalue weighted by Crippen LogP contribution is -2.33. The van der Waals surface area contributed by atoms with Gasteiger partial charge in [0.1, 0.15) is 0 Å². The normalized spacial score (nSPS) is 24.9. The molecule has 1 aliphatic rings. The molecule has 1 heterocycles. The molecule has 0 unspecified atom stereocenters. The molecule has 1 N–H and O–H groups in total. The van der Waals surface area contributed by atoms with Gasteiger partial charge in [0, 0.05) is 6.61 Å². The van der Waals surface area contributed by atoms with Crippen molar-refractivity contribution in [2.45, 2.75) is 18.9 Å². The summed E-state index contributed by atoms with van der Waals surface area (Å²) in [6.45, 7) is 0.646. The Morgan fingerprint density at radius 3 is 2.82 bits per heavy atom. The van der Waals surface area contributed by atoms with Gasteiger partial charge in [-0.1, -0.05) is 42.5 Å². The number of rotatable bonds is 3. The Morgan fingerprint density at radius 1 is 1.35 bits per heavy atom. The van der Waals surface area contributed by atoms with E-state index in [-0.39, 0.29) is 6.10 Å². The lowest BCUT2D eigenvalue weighted by atomic mass is 9.94. The van der Waals surface area contributed by atoms with Crippen molar-refractivity contribution in [2.24, 2.45) is 5.92 Å². The fraction of sp³-hybridized carbons (Fsp3) is 0.357. The minimum absolute atomic E-state index is 0.304. The molecule has 0 radical (unpaired) electrons. The van der Waals surface area contributed by atoms with Crippen LogP contribution in [0.25, 0.3) is 6.08 Å². The smallest absolute Gasteiger partial charge is 0.309 e. The van der Waals surface area contributed by atoms with Crippen LogP contribution in [0.15, 0.2) is 36.4 Å². The SMILES string of the molecule is O=C(O)[C@@H]1CCCO[C@H]1/C=C\c1ccccc1. The summed E-state index contributed by atoms with van der Waals surface area (Å²) in [7, 11) is 0. The quantitative estimate of drug-likeness (QED) is 0.871. The van der Waals surface area contributed by atoms with Crippen molar-refractivity contribution in [3.8, 4) is 0 Å². The summed E-state index contributed by atoms with van der Waals surface area (Å²) in [4.78, 5) is 11.1. The summed E-state index contributed by atoms with van der Waals surface area (Å²) in [6, 6.07) is 9.82. The Balaban J connectivity index is 2.06. The summed E-state index contributed by atoms with van der Waals surface area (Å²) in [5.74, 6) is -1.18. The maximum Gasteiger partial charge on any atom is 0.309 e. The second-order valence-electron chi connectivity index (χ2n) is 4.19. The highest BCUT2D eigenvalue weighted by Gasteiger charge is 2.29.